The molecule has 0 N–H and O–H groups in total. The molecule has 9 heteroatoms. The molecule has 2 aliphatic heterocycles. The normalized spacial score (nSPS) is 15.7. The number of hydrogen-bond acceptors (Lipinski definition) is 6. The van der Waals surface area contributed by atoms with Crippen LogP contribution >= 0.6 is 22.9 Å². The first-order valence-corrected chi connectivity index (χ1v) is 12.0. The number of aliphatic imine (C=N–C) groups is 1. The van der Waals surface area contributed by atoms with E-state index >= 15 is 0 Å². The average Bonchev–Trinajstić information content (AvgIpc) is 3.34. The number of hydrogen-bond donors (Lipinski definition) is 0. The van der Waals surface area contributed by atoms with E-state index in [0.29, 0.717) is 44.3 Å². The van der Waals surface area contributed by atoms with Gasteiger partial charge in [-0.05, 0) is 31.9 Å². The van der Waals surface area contributed by atoms with Crippen molar-refractivity contribution in [1.82, 2.24) is 19.7 Å². The van der Waals surface area contributed by atoms with E-state index in [0.717, 1.165) is 46.3 Å². The van der Waals surface area contributed by atoms with Gasteiger partial charge in [-0.3, -0.25) is 14.4 Å². The zero-order chi connectivity index (χ0) is 22.1. The van der Waals surface area contributed by atoms with Crippen LogP contribution < -0.4 is 0 Å². The molecule has 1 saturated heterocycles. The summed E-state index contributed by atoms with van der Waals surface area (Å²) in [6, 6.07) is 9.98. The van der Waals surface area contributed by atoms with Gasteiger partial charge in [0.15, 0.2) is 5.82 Å². The van der Waals surface area contributed by atoms with Crippen molar-refractivity contribution in [1.29, 1.82) is 0 Å². The van der Waals surface area contributed by atoms with Gasteiger partial charge in [0.05, 0.1) is 18.9 Å². The number of fused-ring (bicyclic) bond motifs is 3. The number of carbonyl (C=O) groups excluding carboxylic acids is 1. The van der Waals surface area contributed by atoms with Crippen molar-refractivity contribution >= 4 is 34.6 Å². The van der Waals surface area contributed by atoms with Gasteiger partial charge in [0.25, 0.3) is 0 Å². The van der Waals surface area contributed by atoms with E-state index in [1.54, 1.807) is 11.3 Å². The summed E-state index contributed by atoms with van der Waals surface area (Å²) < 4.78 is 7.43. The van der Waals surface area contributed by atoms with Gasteiger partial charge in [0.2, 0.25) is 5.91 Å². The molecule has 1 aromatic carbocycles. The molecule has 0 bridgehead atoms. The Balaban J connectivity index is 1.41. The predicted octanol–water partition coefficient (Wildman–Crippen LogP) is 3.82. The lowest BCUT2D eigenvalue weighted by Gasteiger charge is -2.26. The van der Waals surface area contributed by atoms with E-state index in [9.17, 15) is 4.79 Å². The summed E-state index contributed by atoms with van der Waals surface area (Å²) in [4.78, 5) is 20.5. The molecule has 0 radical (unpaired) electrons. The molecule has 0 unspecified atom stereocenters. The van der Waals surface area contributed by atoms with E-state index in [2.05, 4.69) is 20.8 Å². The average molecular weight is 470 g/mol. The standard InChI is InChI=1S/C23H24ClN5O2S/c1-15-26-27-20-14-25-22(17-6-2-3-7-19(17)24)18-13-16(32-23(18)29(15)20)5-4-8-21(30)28-9-11-31-12-10-28/h2-3,6-7,13H,4-5,8-12,14H2,1H3. The fourth-order valence-electron chi connectivity index (χ4n) is 4.17. The number of aromatic nitrogens is 3. The number of rotatable bonds is 5. The summed E-state index contributed by atoms with van der Waals surface area (Å²) in [5, 5.41) is 10.3. The number of thiophene rings is 1. The maximum absolute atomic E-state index is 12.5. The lowest BCUT2D eigenvalue weighted by molar-refractivity contribution is -0.135. The molecule has 0 atom stereocenters. The van der Waals surface area contributed by atoms with E-state index in [1.165, 1.54) is 4.88 Å². The molecule has 166 valence electrons. The molecule has 1 amide bonds. The van der Waals surface area contributed by atoms with E-state index < -0.39 is 0 Å². The highest BCUT2D eigenvalue weighted by molar-refractivity contribution is 7.15. The van der Waals surface area contributed by atoms with Gasteiger partial charge < -0.3 is 9.64 Å². The molecular weight excluding hydrogens is 446 g/mol. The topological polar surface area (TPSA) is 72.6 Å². The third-order valence-electron chi connectivity index (χ3n) is 5.80. The molecule has 0 aliphatic carbocycles. The van der Waals surface area contributed by atoms with Gasteiger partial charge in [-0.15, -0.1) is 21.5 Å². The van der Waals surface area contributed by atoms with Crippen LogP contribution in [0.5, 0.6) is 0 Å². The van der Waals surface area contributed by atoms with E-state index in [1.807, 2.05) is 36.1 Å². The van der Waals surface area contributed by atoms with Crippen molar-refractivity contribution in [2.45, 2.75) is 32.7 Å². The van der Waals surface area contributed by atoms with Crippen LogP contribution in [0, 0.1) is 6.92 Å². The molecule has 32 heavy (non-hydrogen) atoms. The van der Waals surface area contributed by atoms with Gasteiger partial charge >= 0.3 is 0 Å². The predicted molar refractivity (Wildman–Crippen MR) is 125 cm³/mol. The minimum absolute atomic E-state index is 0.210. The third kappa shape index (κ3) is 4.10. The van der Waals surface area contributed by atoms with Crippen molar-refractivity contribution in [2.75, 3.05) is 26.3 Å². The summed E-state index contributed by atoms with van der Waals surface area (Å²) in [5.74, 6) is 1.87. The summed E-state index contributed by atoms with van der Waals surface area (Å²) in [6.07, 6.45) is 2.19. The quantitative estimate of drug-likeness (QED) is 0.569. The minimum Gasteiger partial charge on any atom is -0.378 e. The minimum atomic E-state index is 0.210. The summed E-state index contributed by atoms with van der Waals surface area (Å²) in [6.45, 7) is 5.06. The van der Waals surface area contributed by atoms with Crippen molar-refractivity contribution in [3.63, 3.8) is 0 Å². The highest BCUT2D eigenvalue weighted by atomic mass is 35.5. The number of halogens is 1. The Morgan fingerprint density at radius 3 is 2.81 bits per heavy atom. The number of nitrogens with zero attached hydrogens (tertiary/aromatic N) is 5. The smallest absolute Gasteiger partial charge is 0.222 e. The molecule has 3 aromatic rings. The fourth-order valence-corrected chi connectivity index (χ4v) is 5.66. The molecule has 0 saturated carbocycles. The van der Waals surface area contributed by atoms with Crippen molar-refractivity contribution < 1.29 is 9.53 Å². The van der Waals surface area contributed by atoms with Crippen molar-refractivity contribution in [3.05, 3.63) is 63.0 Å². The number of amides is 1. The van der Waals surface area contributed by atoms with E-state index in [-0.39, 0.29) is 5.91 Å². The highest BCUT2D eigenvalue weighted by Gasteiger charge is 2.25. The molecule has 1 fully saturated rings. The molecule has 2 aliphatic rings. The van der Waals surface area contributed by atoms with Gasteiger partial charge in [-0.2, -0.15) is 0 Å². The Bertz CT molecular complexity index is 1180. The Morgan fingerprint density at radius 2 is 2.00 bits per heavy atom. The fraction of sp³-hybridized carbons (Fsp3) is 0.391. The van der Waals surface area contributed by atoms with Crippen LogP contribution in [0.2, 0.25) is 5.02 Å². The molecule has 0 spiro atoms. The van der Waals surface area contributed by atoms with Crippen LogP contribution in [0.25, 0.3) is 5.00 Å². The first-order valence-electron chi connectivity index (χ1n) is 10.8. The zero-order valence-corrected chi connectivity index (χ0v) is 19.5. The SMILES string of the molecule is Cc1nnc2n1-c1sc(CCCC(=O)N3CCOCC3)cc1C(c1ccccc1Cl)=NC2. The maximum atomic E-state index is 12.5. The second-order valence-corrected chi connectivity index (χ2v) is 9.44. The number of carbonyl (C=O) groups is 1. The van der Waals surface area contributed by atoms with Gasteiger partial charge in [0.1, 0.15) is 17.4 Å². The number of ether oxygens (including phenoxy) is 1. The van der Waals surface area contributed by atoms with Crippen LogP contribution in [0.3, 0.4) is 0 Å². The van der Waals surface area contributed by atoms with Crippen LogP contribution in [-0.2, 0) is 22.5 Å². The Hall–Kier alpha value is -2.55. The zero-order valence-electron chi connectivity index (χ0n) is 17.9. The number of aryl methyl sites for hydroxylation is 2. The van der Waals surface area contributed by atoms with Gasteiger partial charge in [0, 0.05) is 40.5 Å². The lowest BCUT2D eigenvalue weighted by Crippen LogP contribution is -2.40. The van der Waals surface area contributed by atoms with Crippen LogP contribution in [-0.4, -0.2) is 57.6 Å². The first-order chi connectivity index (χ1) is 15.6. The van der Waals surface area contributed by atoms with E-state index in [4.69, 9.17) is 21.3 Å². The van der Waals surface area contributed by atoms with Crippen molar-refractivity contribution in [3.8, 4) is 5.00 Å². The Labute approximate surface area is 195 Å². The molecule has 5 rings (SSSR count). The first kappa shape index (κ1) is 21.3. The Morgan fingerprint density at radius 1 is 1.19 bits per heavy atom. The van der Waals surface area contributed by atoms with Gasteiger partial charge in [-0.1, -0.05) is 29.8 Å². The summed E-state index contributed by atoms with van der Waals surface area (Å²) in [7, 11) is 0. The second-order valence-electron chi connectivity index (χ2n) is 7.92. The molecule has 2 aromatic heterocycles. The monoisotopic (exact) mass is 469 g/mol. The summed E-state index contributed by atoms with van der Waals surface area (Å²) in [5.41, 5.74) is 2.83. The Kier molecular flexibility index (Phi) is 6.08. The molecule has 4 heterocycles. The second kappa shape index (κ2) is 9.13. The van der Waals surface area contributed by atoms with Gasteiger partial charge in [-0.25, -0.2) is 0 Å². The molecule has 7 nitrogen and oxygen atoms in total. The number of morpholine rings is 1. The van der Waals surface area contributed by atoms with Crippen LogP contribution in [0.1, 0.15) is 40.5 Å². The molecular formula is C23H24ClN5O2S. The number of benzene rings is 1. The highest BCUT2D eigenvalue weighted by Crippen LogP contribution is 2.35. The third-order valence-corrected chi connectivity index (χ3v) is 7.31. The van der Waals surface area contributed by atoms with Crippen molar-refractivity contribution in [2.24, 2.45) is 4.99 Å². The van der Waals surface area contributed by atoms with Crippen LogP contribution in [0.4, 0.5) is 0 Å². The lowest BCUT2D eigenvalue weighted by atomic mass is 10.0. The van der Waals surface area contributed by atoms with Crippen LogP contribution in [0.15, 0.2) is 35.3 Å². The largest absolute Gasteiger partial charge is 0.378 e. The summed E-state index contributed by atoms with van der Waals surface area (Å²) >= 11 is 8.25. The maximum Gasteiger partial charge on any atom is 0.222 e.